The van der Waals surface area contributed by atoms with Crippen molar-refractivity contribution in [2.45, 2.75) is 52.6 Å². The minimum atomic E-state index is -1.22. The van der Waals surface area contributed by atoms with E-state index in [-0.39, 0.29) is 28.3 Å². The van der Waals surface area contributed by atoms with Crippen LogP contribution < -0.4 is 0 Å². The van der Waals surface area contributed by atoms with Crippen LogP contribution in [0.15, 0.2) is 36.0 Å². The van der Waals surface area contributed by atoms with E-state index < -0.39 is 5.60 Å². The monoisotopic (exact) mass is 340 g/mol. The largest absolute Gasteiger partial charge is 0.381 e. The summed E-state index contributed by atoms with van der Waals surface area (Å²) in [4.78, 5) is 24.2. The Morgan fingerprint density at radius 2 is 1.96 bits per heavy atom. The van der Waals surface area contributed by atoms with E-state index >= 15 is 0 Å². The molecule has 0 aromatic carbocycles. The first-order valence-corrected chi connectivity index (χ1v) is 9.51. The van der Waals surface area contributed by atoms with Gasteiger partial charge in [-0.1, -0.05) is 39.0 Å². The molecule has 2 fully saturated rings. The summed E-state index contributed by atoms with van der Waals surface area (Å²) in [7, 11) is 0. The third kappa shape index (κ3) is 1.91. The smallest absolute Gasteiger partial charge is 0.178 e. The Bertz CT molecular complexity index is 744. The van der Waals surface area contributed by atoms with Gasteiger partial charge >= 0.3 is 0 Å². The van der Waals surface area contributed by atoms with Crippen molar-refractivity contribution in [3.63, 3.8) is 0 Å². The molecule has 4 rings (SSSR count). The molecular formula is C22H28O3. The van der Waals surface area contributed by atoms with Gasteiger partial charge in [-0.05, 0) is 67.6 Å². The summed E-state index contributed by atoms with van der Waals surface area (Å²) in [6.45, 7) is 7.94. The van der Waals surface area contributed by atoms with Crippen LogP contribution in [0.4, 0.5) is 0 Å². The lowest BCUT2D eigenvalue weighted by atomic mass is 9.48. The molecule has 0 spiro atoms. The number of Topliss-reactive ketones (excluding diaryl/α,β-unsaturated/α-hetero) is 1. The first-order valence-electron chi connectivity index (χ1n) is 9.51. The highest BCUT2D eigenvalue weighted by molar-refractivity contribution is 6.01. The molecule has 0 aliphatic heterocycles. The first kappa shape index (κ1) is 17.0. The summed E-state index contributed by atoms with van der Waals surface area (Å²) in [5.74, 6) is 1.04. The van der Waals surface area contributed by atoms with Crippen LogP contribution in [0.2, 0.25) is 0 Å². The standard InChI is InChI=1S/C22H28O3/c1-13-11-19-17-6-5-15-12-16(24)7-9-20(15,3)18(17)8-10-21(19,4)22(13,25)14(2)23/h5-7,9,12-13,17-19,25H,8,10-11H2,1-4H3/t13-,17?,18?,19?,20-,21-,22-/m0/s1. The maximum atomic E-state index is 12.4. The van der Waals surface area contributed by atoms with Crippen LogP contribution in [-0.2, 0) is 9.59 Å². The first-order chi connectivity index (χ1) is 11.6. The van der Waals surface area contributed by atoms with Crippen LogP contribution >= 0.6 is 0 Å². The Labute approximate surface area is 149 Å². The molecule has 25 heavy (non-hydrogen) atoms. The summed E-state index contributed by atoms with van der Waals surface area (Å²) in [5, 5.41) is 11.4. The van der Waals surface area contributed by atoms with Gasteiger partial charge in [0.2, 0.25) is 0 Å². The van der Waals surface area contributed by atoms with Gasteiger partial charge in [0, 0.05) is 10.8 Å². The summed E-state index contributed by atoms with van der Waals surface area (Å²) in [5.41, 5.74) is -0.589. The third-order valence-electron chi connectivity index (χ3n) is 8.23. The average Bonchev–Trinajstić information content (AvgIpc) is 2.77. The second-order valence-corrected chi connectivity index (χ2v) is 9.18. The molecular weight excluding hydrogens is 312 g/mol. The van der Waals surface area contributed by atoms with Crippen molar-refractivity contribution in [2.24, 2.45) is 34.5 Å². The van der Waals surface area contributed by atoms with Crippen LogP contribution in [-0.4, -0.2) is 22.3 Å². The van der Waals surface area contributed by atoms with Crippen LogP contribution in [0.25, 0.3) is 0 Å². The van der Waals surface area contributed by atoms with Gasteiger partial charge in [0.1, 0.15) is 5.60 Å². The zero-order valence-corrected chi connectivity index (χ0v) is 15.6. The molecule has 4 aliphatic rings. The molecule has 2 saturated carbocycles. The molecule has 3 unspecified atom stereocenters. The molecule has 0 saturated heterocycles. The average molecular weight is 340 g/mol. The molecule has 7 atom stereocenters. The lowest BCUT2D eigenvalue weighted by molar-refractivity contribution is -0.161. The summed E-state index contributed by atoms with van der Waals surface area (Å²) < 4.78 is 0. The fraction of sp³-hybridized carbons (Fsp3) is 0.636. The predicted molar refractivity (Wildman–Crippen MR) is 96.7 cm³/mol. The van der Waals surface area contributed by atoms with Gasteiger partial charge in [-0.2, -0.15) is 0 Å². The maximum absolute atomic E-state index is 12.4. The summed E-state index contributed by atoms with van der Waals surface area (Å²) >= 11 is 0. The van der Waals surface area contributed by atoms with Crippen molar-refractivity contribution >= 4 is 11.6 Å². The molecule has 0 bridgehead atoms. The van der Waals surface area contributed by atoms with E-state index in [2.05, 4.69) is 32.1 Å². The third-order valence-corrected chi connectivity index (χ3v) is 8.23. The van der Waals surface area contributed by atoms with E-state index in [9.17, 15) is 14.7 Å². The van der Waals surface area contributed by atoms with Gasteiger partial charge in [-0.15, -0.1) is 0 Å². The number of aliphatic hydroxyl groups is 1. The Morgan fingerprint density at radius 1 is 1.24 bits per heavy atom. The fourth-order valence-electron chi connectivity index (χ4n) is 6.75. The Morgan fingerprint density at radius 3 is 2.64 bits per heavy atom. The van der Waals surface area contributed by atoms with Crippen molar-refractivity contribution in [3.8, 4) is 0 Å². The van der Waals surface area contributed by atoms with E-state index in [4.69, 9.17) is 0 Å². The SMILES string of the molecule is CC(=O)[C@@]1(O)[C@@H](C)CC2C3C=CC4=CC(=O)C=C[C@]4(C)C3CC[C@@]21C. The number of carbonyl (C=O) groups excluding carboxylic acids is 2. The number of allylic oxidation sites excluding steroid dienone is 6. The zero-order valence-electron chi connectivity index (χ0n) is 15.6. The lowest BCUT2D eigenvalue weighted by Gasteiger charge is -2.56. The Kier molecular flexibility index (Phi) is 3.41. The summed E-state index contributed by atoms with van der Waals surface area (Å²) in [6.07, 6.45) is 12.6. The van der Waals surface area contributed by atoms with Gasteiger partial charge in [0.25, 0.3) is 0 Å². The van der Waals surface area contributed by atoms with Crippen molar-refractivity contribution in [1.29, 1.82) is 0 Å². The second-order valence-electron chi connectivity index (χ2n) is 9.18. The van der Waals surface area contributed by atoms with Gasteiger partial charge in [0.05, 0.1) is 0 Å². The van der Waals surface area contributed by atoms with Crippen LogP contribution in [0, 0.1) is 34.5 Å². The Hall–Kier alpha value is -1.48. The van der Waals surface area contributed by atoms with Crippen molar-refractivity contribution in [2.75, 3.05) is 0 Å². The van der Waals surface area contributed by atoms with E-state index in [1.807, 2.05) is 6.92 Å². The highest BCUT2D eigenvalue weighted by Gasteiger charge is 2.67. The predicted octanol–water partition coefficient (Wildman–Crippen LogP) is 3.64. The summed E-state index contributed by atoms with van der Waals surface area (Å²) in [6, 6.07) is 0. The number of hydrogen-bond donors (Lipinski definition) is 1. The molecule has 3 heteroatoms. The van der Waals surface area contributed by atoms with Gasteiger partial charge in [-0.3, -0.25) is 9.59 Å². The molecule has 0 radical (unpaired) electrons. The van der Waals surface area contributed by atoms with E-state index in [1.165, 1.54) is 0 Å². The van der Waals surface area contributed by atoms with Gasteiger partial charge < -0.3 is 5.11 Å². The van der Waals surface area contributed by atoms with Crippen LogP contribution in [0.3, 0.4) is 0 Å². The molecule has 0 aromatic rings. The van der Waals surface area contributed by atoms with E-state index in [0.29, 0.717) is 17.8 Å². The molecule has 0 aromatic heterocycles. The highest BCUT2D eigenvalue weighted by Crippen LogP contribution is 2.67. The minimum absolute atomic E-state index is 0.0135. The normalized spacial score (nSPS) is 50.8. The fourth-order valence-corrected chi connectivity index (χ4v) is 6.75. The minimum Gasteiger partial charge on any atom is -0.381 e. The number of ketones is 2. The zero-order chi connectivity index (χ0) is 18.2. The number of rotatable bonds is 1. The van der Waals surface area contributed by atoms with Crippen LogP contribution in [0.5, 0.6) is 0 Å². The quantitative estimate of drug-likeness (QED) is 0.793. The van der Waals surface area contributed by atoms with Crippen molar-refractivity contribution < 1.29 is 14.7 Å². The van der Waals surface area contributed by atoms with Crippen LogP contribution in [0.1, 0.15) is 47.0 Å². The molecule has 1 N–H and O–H groups in total. The van der Waals surface area contributed by atoms with Gasteiger partial charge in [-0.25, -0.2) is 0 Å². The van der Waals surface area contributed by atoms with E-state index in [0.717, 1.165) is 24.8 Å². The second kappa shape index (κ2) is 5.03. The van der Waals surface area contributed by atoms with Gasteiger partial charge in [0.15, 0.2) is 11.6 Å². The Balaban J connectivity index is 1.79. The lowest BCUT2D eigenvalue weighted by Crippen LogP contribution is -2.57. The molecule has 3 nitrogen and oxygen atoms in total. The number of carbonyl (C=O) groups is 2. The topological polar surface area (TPSA) is 54.4 Å². The molecule has 4 aliphatic carbocycles. The maximum Gasteiger partial charge on any atom is 0.178 e. The number of fused-ring (bicyclic) bond motifs is 5. The van der Waals surface area contributed by atoms with Crippen molar-refractivity contribution in [1.82, 2.24) is 0 Å². The molecule has 134 valence electrons. The molecule has 0 amide bonds. The van der Waals surface area contributed by atoms with Crippen molar-refractivity contribution in [3.05, 3.63) is 36.0 Å². The van der Waals surface area contributed by atoms with E-state index in [1.54, 1.807) is 19.1 Å². The highest BCUT2D eigenvalue weighted by atomic mass is 16.3. The molecule has 0 heterocycles. The number of hydrogen-bond acceptors (Lipinski definition) is 3.